The summed E-state index contributed by atoms with van der Waals surface area (Å²) in [6.07, 6.45) is 0. The normalized spacial score (nSPS) is 11.2. The van der Waals surface area contributed by atoms with Crippen LogP contribution in [0.25, 0.3) is 11.4 Å². The highest BCUT2D eigenvalue weighted by atomic mass is 79.9. The molecule has 0 radical (unpaired) electrons. The molecule has 3 aromatic rings. The Hall–Kier alpha value is -2.14. The van der Waals surface area contributed by atoms with E-state index in [0.717, 1.165) is 4.68 Å². The summed E-state index contributed by atoms with van der Waals surface area (Å²) in [5.74, 6) is -4.40. The maximum Gasteiger partial charge on any atom is 0.210 e. The van der Waals surface area contributed by atoms with E-state index in [1.165, 1.54) is 0 Å². The second kappa shape index (κ2) is 7.23. The lowest BCUT2D eigenvalue weighted by Gasteiger charge is -2.08. The summed E-state index contributed by atoms with van der Waals surface area (Å²) in [6.45, 7) is 0. The Morgan fingerprint density at radius 2 is 1.50 bits per heavy atom. The van der Waals surface area contributed by atoms with Crippen LogP contribution in [0.5, 0.6) is 0 Å². The summed E-state index contributed by atoms with van der Waals surface area (Å²) in [6, 6.07) is 7.00. The van der Waals surface area contributed by atoms with E-state index in [-0.39, 0.29) is 11.0 Å². The maximum absolute atomic E-state index is 13.7. The molecule has 0 saturated carbocycles. The largest absolute Gasteiger partial charge is 0.335 e. The van der Waals surface area contributed by atoms with Gasteiger partial charge in [-0.3, -0.25) is 0 Å². The molecule has 0 spiro atoms. The van der Waals surface area contributed by atoms with E-state index < -0.39 is 40.4 Å². The van der Waals surface area contributed by atoms with Gasteiger partial charge in [0.15, 0.2) is 29.1 Å². The Bertz CT molecular complexity index is 965. The molecule has 26 heavy (non-hydrogen) atoms. The van der Waals surface area contributed by atoms with Crippen molar-refractivity contribution >= 4 is 27.7 Å². The molecular weight excluding hydrogens is 443 g/mol. The summed E-state index contributed by atoms with van der Waals surface area (Å²) < 4.78 is 68.7. The molecule has 4 nitrogen and oxygen atoms in total. The molecule has 0 bridgehead atoms. The van der Waals surface area contributed by atoms with Crippen molar-refractivity contribution in [2.24, 2.45) is 0 Å². The van der Waals surface area contributed by atoms with Gasteiger partial charge in [0.2, 0.25) is 11.0 Å². The highest BCUT2D eigenvalue weighted by Crippen LogP contribution is 2.31. The van der Waals surface area contributed by atoms with Gasteiger partial charge >= 0.3 is 0 Å². The number of nitrogens with zero attached hydrogens (tertiary/aromatic N) is 3. The molecule has 0 aliphatic heterocycles. The minimum Gasteiger partial charge on any atom is -0.335 e. The van der Waals surface area contributed by atoms with Crippen LogP contribution in [-0.4, -0.2) is 14.9 Å². The first-order chi connectivity index (χ1) is 12.3. The number of rotatable bonds is 4. The lowest BCUT2D eigenvalue weighted by atomic mass is 10.2. The Kier molecular flexibility index (Phi) is 5.19. The smallest absolute Gasteiger partial charge is 0.210 e. The fraction of sp³-hybridized carbons (Fsp3) is 0.0667. The molecule has 11 heteroatoms. The van der Waals surface area contributed by atoms with Crippen LogP contribution in [0.15, 0.2) is 33.9 Å². The molecule has 0 amide bonds. The van der Waals surface area contributed by atoms with Gasteiger partial charge in [0.25, 0.3) is 0 Å². The van der Waals surface area contributed by atoms with Crippen LogP contribution >= 0.6 is 27.7 Å². The molecule has 0 fully saturated rings. The quantitative estimate of drug-likeness (QED) is 0.210. The number of hydrogen-bond acceptors (Lipinski definition) is 4. The van der Waals surface area contributed by atoms with Crippen molar-refractivity contribution in [2.75, 3.05) is 5.84 Å². The molecule has 0 atom stereocenters. The van der Waals surface area contributed by atoms with Crippen molar-refractivity contribution in [3.8, 4) is 11.4 Å². The van der Waals surface area contributed by atoms with Crippen LogP contribution in [0.3, 0.4) is 0 Å². The second-order valence-corrected chi connectivity index (χ2v) is 6.79. The molecular formula is C15H8BrF5N4S. The summed E-state index contributed by atoms with van der Waals surface area (Å²) in [5, 5.41) is 7.73. The fourth-order valence-electron chi connectivity index (χ4n) is 2.12. The Morgan fingerprint density at radius 1 is 0.923 bits per heavy atom. The number of thioether (sulfide) groups is 1. The van der Waals surface area contributed by atoms with Crippen molar-refractivity contribution in [3.05, 3.63) is 63.4 Å². The van der Waals surface area contributed by atoms with Crippen LogP contribution in [-0.2, 0) is 5.75 Å². The third-order valence-electron chi connectivity index (χ3n) is 3.43. The predicted molar refractivity (Wildman–Crippen MR) is 89.1 cm³/mol. The molecule has 0 unspecified atom stereocenters. The zero-order chi connectivity index (χ0) is 19.0. The number of benzene rings is 2. The fourth-order valence-corrected chi connectivity index (χ4v) is 3.43. The van der Waals surface area contributed by atoms with Gasteiger partial charge in [-0.25, -0.2) is 26.6 Å². The first-order valence-electron chi connectivity index (χ1n) is 6.91. The van der Waals surface area contributed by atoms with E-state index in [2.05, 4.69) is 26.1 Å². The zero-order valence-corrected chi connectivity index (χ0v) is 15.0. The second-order valence-electron chi connectivity index (χ2n) is 4.99. The van der Waals surface area contributed by atoms with Gasteiger partial charge in [0, 0.05) is 21.4 Å². The Morgan fingerprint density at radius 3 is 2.12 bits per heavy atom. The average molecular weight is 451 g/mol. The summed E-state index contributed by atoms with van der Waals surface area (Å²) in [4.78, 5) is 0. The van der Waals surface area contributed by atoms with Gasteiger partial charge in [-0.1, -0.05) is 39.8 Å². The summed E-state index contributed by atoms with van der Waals surface area (Å²) in [7, 11) is 0. The van der Waals surface area contributed by atoms with Crippen molar-refractivity contribution in [1.29, 1.82) is 0 Å². The van der Waals surface area contributed by atoms with Crippen molar-refractivity contribution in [3.63, 3.8) is 0 Å². The highest BCUT2D eigenvalue weighted by Gasteiger charge is 2.26. The number of nitrogen functional groups attached to an aromatic ring is 1. The van der Waals surface area contributed by atoms with Gasteiger partial charge in [0.1, 0.15) is 0 Å². The van der Waals surface area contributed by atoms with Gasteiger partial charge < -0.3 is 5.84 Å². The minimum atomic E-state index is -2.20. The van der Waals surface area contributed by atoms with Gasteiger partial charge in [-0.2, -0.15) is 0 Å². The molecule has 0 aliphatic carbocycles. The average Bonchev–Trinajstić information content (AvgIpc) is 2.99. The van der Waals surface area contributed by atoms with Gasteiger partial charge in [0.05, 0.1) is 0 Å². The van der Waals surface area contributed by atoms with E-state index >= 15 is 0 Å². The third kappa shape index (κ3) is 3.16. The Balaban J connectivity index is 1.90. The van der Waals surface area contributed by atoms with Crippen molar-refractivity contribution in [1.82, 2.24) is 14.9 Å². The number of aromatic nitrogens is 3. The van der Waals surface area contributed by atoms with Crippen LogP contribution in [0.1, 0.15) is 5.56 Å². The number of halogens is 6. The van der Waals surface area contributed by atoms with E-state index in [0.29, 0.717) is 21.8 Å². The molecule has 2 aromatic carbocycles. The topological polar surface area (TPSA) is 56.7 Å². The standard InChI is InChI=1S/C15H8BrF5N4S/c16-8-4-2-1-3-6(8)14-23-24-15(25(14)22)26-5-7-9(17)11(19)13(21)12(20)10(7)18/h1-4H,5,22H2. The van der Waals surface area contributed by atoms with E-state index in [9.17, 15) is 22.0 Å². The molecule has 0 aliphatic rings. The summed E-state index contributed by atoms with van der Waals surface area (Å²) >= 11 is 4.02. The Labute approximate surface area is 156 Å². The van der Waals surface area contributed by atoms with Crippen molar-refractivity contribution < 1.29 is 22.0 Å². The number of hydrogen-bond donors (Lipinski definition) is 1. The zero-order valence-electron chi connectivity index (χ0n) is 12.6. The third-order valence-corrected chi connectivity index (χ3v) is 5.09. The molecule has 136 valence electrons. The first kappa shape index (κ1) is 18.6. The van der Waals surface area contributed by atoms with Crippen molar-refractivity contribution in [2.45, 2.75) is 10.9 Å². The minimum absolute atomic E-state index is 0.0414. The van der Waals surface area contributed by atoms with E-state index in [1.807, 2.05) is 0 Å². The molecule has 1 aromatic heterocycles. The number of nitrogens with two attached hydrogens (primary N) is 1. The first-order valence-corrected chi connectivity index (χ1v) is 8.69. The predicted octanol–water partition coefficient (Wildman–Crippen LogP) is 4.41. The maximum atomic E-state index is 13.7. The lowest BCUT2D eigenvalue weighted by Crippen LogP contribution is -2.12. The molecule has 1 heterocycles. The van der Waals surface area contributed by atoms with Gasteiger partial charge in [-0.05, 0) is 12.1 Å². The lowest BCUT2D eigenvalue weighted by molar-refractivity contribution is 0.372. The monoisotopic (exact) mass is 450 g/mol. The highest BCUT2D eigenvalue weighted by molar-refractivity contribution is 9.10. The molecule has 2 N–H and O–H groups in total. The van der Waals surface area contributed by atoms with Crippen LogP contribution in [0.4, 0.5) is 22.0 Å². The van der Waals surface area contributed by atoms with E-state index in [4.69, 9.17) is 5.84 Å². The molecule has 0 saturated heterocycles. The summed E-state index contributed by atoms with van der Waals surface area (Å²) in [5.41, 5.74) is -0.345. The van der Waals surface area contributed by atoms with E-state index in [1.54, 1.807) is 24.3 Å². The van der Waals surface area contributed by atoms with Gasteiger partial charge in [-0.15, -0.1) is 10.2 Å². The SMILES string of the molecule is Nn1c(SCc2c(F)c(F)c(F)c(F)c2F)nnc1-c1ccccc1Br. The van der Waals surface area contributed by atoms with Crippen LogP contribution in [0.2, 0.25) is 0 Å². The van der Waals surface area contributed by atoms with Crippen LogP contribution in [0, 0.1) is 29.1 Å². The molecule has 3 rings (SSSR count). The van der Waals surface area contributed by atoms with Crippen LogP contribution < -0.4 is 5.84 Å².